The summed E-state index contributed by atoms with van der Waals surface area (Å²) in [4.78, 5) is 23.9. The van der Waals surface area contributed by atoms with Crippen LogP contribution in [0.2, 0.25) is 0 Å². The first-order valence-electron chi connectivity index (χ1n) is 9.00. The number of carbonyl (C=O) groups is 2. The maximum absolute atomic E-state index is 12.1. The predicted octanol–water partition coefficient (Wildman–Crippen LogP) is 4.34. The predicted molar refractivity (Wildman–Crippen MR) is 108 cm³/mol. The fraction of sp³-hybridized carbons (Fsp3) is 0.130. The van der Waals surface area contributed by atoms with E-state index in [1.165, 1.54) is 19.2 Å². The third kappa shape index (κ3) is 4.70. The first kappa shape index (κ1) is 20.7. The number of para-hydroxylation sites is 1. The highest BCUT2D eigenvalue weighted by Gasteiger charge is 2.25. The number of carbonyl (C=O) groups excluding carboxylic acids is 2. The van der Waals surface area contributed by atoms with Gasteiger partial charge in [-0.15, -0.1) is 0 Å². The molecule has 0 radical (unpaired) electrons. The van der Waals surface area contributed by atoms with Crippen molar-refractivity contribution < 1.29 is 33.6 Å². The summed E-state index contributed by atoms with van der Waals surface area (Å²) in [6, 6.07) is 19.3. The largest absolute Gasteiger partial charge is 0.504 e. The molecule has 0 atom stereocenters. The zero-order valence-electron chi connectivity index (χ0n) is 16.5. The molecule has 1 N–H and O–H groups in total. The van der Waals surface area contributed by atoms with Gasteiger partial charge in [0.1, 0.15) is 23.7 Å². The van der Waals surface area contributed by atoms with Crippen LogP contribution in [0.4, 0.5) is 0 Å². The number of phenolic OH excluding ortho intramolecular Hbond substituents is 1. The lowest BCUT2D eigenvalue weighted by atomic mass is 10.1. The molecule has 0 aliphatic carbocycles. The van der Waals surface area contributed by atoms with Gasteiger partial charge in [0.25, 0.3) is 0 Å². The van der Waals surface area contributed by atoms with E-state index in [9.17, 15) is 14.7 Å². The molecule has 0 spiro atoms. The fourth-order valence-corrected chi connectivity index (χ4v) is 2.76. The van der Waals surface area contributed by atoms with Crippen LogP contribution in [-0.2, 0) is 16.1 Å². The Hall–Kier alpha value is -4.00. The molecule has 7 nitrogen and oxygen atoms in total. The molecule has 7 heteroatoms. The van der Waals surface area contributed by atoms with Crippen molar-refractivity contribution >= 4 is 11.9 Å². The molecule has 0 bridgehead atoms. The van der Waals surface area contributed by atoms with Gasteiger partial charge >= 0.3 is 11.9 Å². The number of esters is 2. The van der Waals surface area contributed by atoms with Gasteiger partial charge in [0.05, 0.1) is 19.8 Å². The van der Waals surface area contributed by atoms with E-state index in [4.69, 9.17) is 9.47 Å². The fourth-order valence-electron chi connectivity index (χ4n) is 2.76. The number of hydrogen-bond acceptors (Lipinski definition) is 7. The maximum Gasteiger partial charge on any atom is 0.342 e. The number of aromatic hydroxyl groups is 1. The summed E-state index contributed by atoms with van der Waals surface area (Å²) in [6.07, 6.45) is 0. The van der Waals surface area contributed by atoms with Crippen molar-refractivity contribution in [2.24, 2.45) is 0 Å². The summed E-state index contributed by atoms with van der Waals surface area (Å²) in [7, 11) is 2.32. The van der Waals surface area contributed by atoms with E-state index in [2.05, 4.69) is 9.47 Å². The van der Waals surface area contributed by atoms with E-state index in [0.717, 1.165) is 12.7 Å². The summed E-state index contributed by atoms with van der Waals surface area (Å²) in [5, 5.41) is 10.5. The normalized spacial score (nSPS) is 10.2. The van der Waals surface area contributed by atoms with Crippen LogP contribution in [0.5, 0.6) is 23.0 Å². The standard InChI is InChI=1S/C23H20O7/c1-27-22(25)18-11-12-19(21(24)20(18)23(26)28-2)29-14-15-7-6-10-17(13-15)30-16-8-4-3-5-9-16/h3-13,24H,14H2,1-2H3. The monoisotopic (exact) mass is 408 g/mol. The Bertz CT molecular complexity index is 1040. The molecular weight excluding hydrogens is 388 g/mol. The van der Waals surface area contributed by atoms with Gasteiger partial charge in [0.2, 0.25) is 0 Å². The van der Waals surface area contributed by atoms with Crippen molar-refractivity contribution in [2.75, 3.05) is 14.2 Å². The van der Waals surface area contributed by atoms with Crippen LogP contribution in [0.3, 0.4) is 0 Å². The lowest BCUT2D eigenvalue weighted by Gasteiger charge is -2.14. The van der Waals surface area contributed by atoms with Gasteiger partial charge in [-0.2, -0.15) is 0 Å². The van der Waals surface area contributed by atoms with Gasteiger partial charge < -0.3 is 24.1 Å². The first-order valence-corrected chi connectivity index (χ1v) is 9.00. The minimum Gasteiger partial charge on any atom is -0.504 e. The molecule has 30 heavy (non-hydrogen) atoms. The van der Waals surface area contributed by atoms with E-state index < -0.39 is 17.7 Å². The smallest absolute Gasteiger partial charge is 0.342 e. The lowest BCUT2D eigenvalue weighted by Crippen LogP contribution is -2.12. The van der Waals surface area contributed by atoms with Gasteiger partial charge in [-0.1, -0.05) is 30.3 Å². The van der Waals surface area contributed by atoms with Crippen LogP contribution in [0.1, 0.15) is 26.3 Å². The zero-order chi connectivity index (χ0) is 21.5. The van der Waals surface area contributed by atoms with Crippen LogP contribution in [0.15, 0.2) is 66.7 Å². The number of hydrogen-bond donors (Lipinski definition) is 1. The number of methoxy groups -OCH3 is 2. The minimum atomic E-state index is -0.878. The van der Waals surface area contributed by atoms with E-state index in [0.29, 0.717) is 11.5 Å². The highest BCUT2D eigenvalue weighted by Crippen LogP contribution is 2.34. The van der Waals surface area contributed by atoms with Crippen molar-refractivity contribution in [3.05, 3.63) is 83.4 Å². The Balaban J connectivity index is 1.79. The van der Waals surface area contributed by atoms with Crippen molar-refractivity contribution in [2.45, 2.75) is 6.61 Å². The van der Waals surface area contributed by atoms with E-state index in [1.807, 2.05) is 48.5 Å². The van der Waals surface area contributed by atoms with Crippen molar-refractivity contribution in [1.82, 2.24) is 0 Å². The molecule has 0 aromatic heterocycles. The molecular formula is C23H20O7. The van der Waals surface area contributed by atoms with Crippen molar-refractivity contribution in [3.63, 3.8) is 0 Å². The number of rotatable bonds is 7. The molecule has 3 rings (SSSR count). The summed E-state index contributed by atoms with van der Waals surface area (Å²) >= 11 is 0. The maximum atomic E-state index is 12.1. The Morgan fingerprint density at radius 3 is 2.23 bits per heavy atom. The van der Waals surface area contributed by atoms with Crippen LogP contribution < -0.4 is 9.47 Å². The topological polar surface area (TPSA) is 91.3 Å². The Labute approximate surface area is 173 Å². The SMILES string of the molecule is COC(=O)c1ccc(OCc2cccc(Oc3ccccc3)c2)c(O)c1C(=O)OC. The number of ether oxygens (including phenoxy) is 4. The van der Waals surface area contributed by atoms with Crippen LogP contribution >= 0.6 is 0 Å². The summed E-state index contributed by atoms with van der Waals surface area (Å²) in [6.45, 7) is 0.0950. The third-order valence-corrected chi connectivity index (χ3v) is 4.21. The van der Waals surface area contributed by atoms with E-state index in [-0.39, 0.29) is 23.5 Å². The lowest BCUT2D eigenvalue weighted by molar-refractivity contribution is 0.0551. The zero-order valence-corrected chi connectivity index (χ0v) is 16.5. The second-order valence-electron chi connectivity index (χ2n) is 6.17. The first-order chi connectivity index (χ1) is 14.5. The van der Waals surface area contributed by atoms with E-state index >= 15 is 0 Å². The minimum absolute atomic E-state index is 0.0254. The van der Waals surface area contributed by atoms with Crippen LogP contribution in [-0.4, -0.2) is 31.3 Å². The van der Waals surface area contributed by atoms with Gasteiger partial charge in [-0.25, -0.2) is 9.59 Å². The van der Waals surface area contributed by atoms with Crippen molar-refractivity contribution in [1.29, 1.82) is 0 Å². The summed E-state index contributed by atoms with van der Waals surface area (Å²) in [5.74, 6) is -0.796. The quantitative estimate of drug-likeness (QED) is 0.582. The highest BCUT2D eigenvalue weighted by molar-refractivity contribution is 6.05. The molecule has 0 amide bonds. The molecule has 0 aliphatic rings. The molecule has 0 heterocycles. The average Bonchev–Trinajstić information content (AvgIpc) is 2.78. The Morgan fingerprint density at radius 1 is 0.833 bits per heavy atom. The Morgan fingerprint density at radius 2 is 1.53 bits per heavy atom. The van der Waals surface area contributed by atoms with Gasteiger partial charge in [-0.05, 0) is 42.0 Å². The molecule has 0 saturated carbocycles. The molecule has 3 aromatic rings. The second kappa shape index (κ2) is 9.47. The molecule has 3 aromatic carbocycles. The number of phenols is 1. The third-order valence-electron chi connectivity index (χ3n) is 4.21. The molecule has 0 saturated heterocycles. The van der Waals surface area contributed by atoms with E-state index in [1.54, 1.807) is 6.07 Å². The van der Waals surface area contributed by atoms with Gasteiger partial charge in [-0.3, -0.25) is 0 Å². The highest BCUT2D eigenvalue weighted by atomic mass is 16.5. The summed E-state index contributed by atoms with van der Waals surface area (Å²) in [5.41, 5.74) is 0.343. The average molecular weight is 408 g/mol. The van der Waals surface area contributed by atoms with Gasteiger partial charge in [0.15, 0.2) is 11.5 Å². The van der Waals surface area contributed by atoms with Gasteiger partial charge in [0, 0.05) is 0 Å². The second-order valence-corrected chi connectivity index (χ2v) is 6.17. The van der Waals surface area contributed by atoms with Crippen LogP contribution in [0, 0.1) is 0 Å². The molecule has 0 unspecified atom stereocenters. The van der Waals surface area contributed by atoms with Crippen molar-refractivity contribution in [3.8, 4) is 23.0 Å². The number of benzene rings is 3. The Kier molecular flexibility index (Phi) is 6.54. The molecule has 0 fully saturated rings. The molecule has 154 valence electrons. The van der Waals surface area contributed by atoms with Crippen LogP contribution in [0.25, 0.3) is 0 Å². The summed E-state index contributed by atoms with van der Waals surface area (Å²) < 4.78 is 20.8. The molecule has 0 aliphatic heterocycles.